The maximum Gasteiger partial charge on any atom is 0.187 e. The van der Waals surface area contributed by atoms with E-state index in [4.69, 9.17) is 14.8 Å². The van der Waals surface area contributed by atoms with E-state index in [0.717, 1.165) is 42.7 Å². The highest BCUT2D eigenvalue weighted by molar-refractivity contribution is 6.91. The average molecular weight is 741 g/mol. The van der Waals surface area contributed by atoms with E-state index in [-0.39, 0.29) is 23.5 Å². The van der Waals surface area contributed by atoms with Gasteiger partial charge in [0.15, 0.2) is 5.69 Å². The van der Waals surface area contributed by atoms with Crippen molar-refractivity contribution in [3.05, 3.63) is 162 Å². The molecule has 0 saturated heterocycles. The lowest BCUT2D eigenvalue weighted by molar-refractivity contribution is 1.30. The van der Waals surface area contributed by atoms with Crippen LogP contribution in [0.5, 0.6) is 0 Å². The molecular formula is C48H42N4Si2. The van der Waals surface area contributed by atoms with Gasteiger partial charge >= 0.3 is 0 Å². The van der Waals surface area contributed by atoms with Gasteiger partial charge in [0, 0.05) is 33.5 Å². The van der Waals surface area contributed by atoms with Gasteiger partial charge in [0.05, 0.1) is 59.4 Å². The van der Waals surface area contributed by atoms with E-state index in [1.807, 2.05) is 12.1 Å². The predicted molar refractivity (Wildman–Crippen MR) is 236 cm³/mol. The number of benzene rings is 8. The van der Waals surface area contributed by atoms with E-state index < -0.39 is 64.5 Å². The molecule has 0 bridgehead atoms. The first-order valence-electron chi connectivity index (χ1n) is 22.6. The highest BCUT2D eigenvalue weighted by atomic mass is 28.3. The highest BCUT2D eigenvalue weighted by Gasteiger charge is 2.30. The van der Waals surface area contributed by atoms with Crippen LogP contribution >= 0.6 is 0 Å². The van der Waals surface area contributed by atoms with Crippen molar-refractivity contribution in [1.82, 2.24) is 0 Å². The molecular weight excluding hydrogens is 689 g/mol. The van der Waals surface area contributed by atoms with Crippen LogP contribution in [0.1, 0.15) is 19.3 Å². The lowest BCUT2D eigenvalue weighted by Crippen LogP contribution is -2.39. The Balaban J connectivity index is 1.61. The van der Waals surface area contributed by atoms with E-state index >= 15 is 0 Å². The first-order chi connectivity index (χ1) is 30.1. The first-order valence-corrected chi connectivity index (χ1v) is 24.6. The second-order valence-electron chi connectivity index (χ2n) is 15.4. The molecule has 0 amide bonds. The summed E-state index contributed by atoms with van der Waals surface area (Å²) in [7, 11) is -4.62. The lowest BCUT2D eigenvalue weighted by Gasteiger charge is -2.33. The van der Waals surface area contributed by atoms with Crippen LogP contribution in [0.2, 0.25) is 39.3 Å². The minimum atomic E-state index is -2.31. The molecule has 8 rings (SSSR count). The molecule has 0 aliphatic carbocycles. The van der Waals surface area contributed by atoms with Gasteiger partial charge in [-0.25, -0.2) is 4.85 Å². The standard InChI is InChI=1S/C48H42N4Si2/c1-50-34-20-24-38(25-21-34)52(36-16-12-9-13-17-36)44-31-46(54(5,6)7)42-28-26-39-43(30-45(53(2,3)4)41-29-27-40(44)48(42)47(39)41)51(35-14-10-8-11-15-35)37-22-18-33(32-49)19-23-37/h8-31H,2-7H3/i8D,9D,10D,11D,12D,13D,14D,15D,16D,17D. The van der Waals surface area contributed by atoms with Gasteiger partial charge in [-0.15, -0.1) is 0 Å². The van der Waals surface area contributed by atoms with Crippen molar-refractivity contribution in [2.75, 3.05) is 9.80 Å². The molecule has 6 heteroatoms. The van der Waals surface area contributed by atoms with Gasteiger partial charge in [-0.2, -0.15) is 5.26 Å². The van der Waals surface area contributed by atoms with Crippen molar-refractivity contribution in [3.63, 3.8) is 0 Å². The maximum atomic E-state index is 9.75. The topological polar surface area (TPSA) is 34.6 Å². The normalized spacial score (nSPS) is 14.4. The summed E-state index contributed by atoms with van der Waals surface area (Å²) in [6.07, 6.45) is 0. The Bertz CT molecular complexity index is 3050. The van der Waals surface area contributed by atoms with Gasteiger partial charge in [0.1, 0.15) is 0 Å². The number of rotatable bonds is 8. The molecule has 0 saturated carbocycles. The fourth-order valence-corrected chi connectivity index (χ4v) is 10.6. The third-order valence-electron chi connectivity index (χ3n) is 9.87. The Morgan fingerprint density at radius 1 is 0.537 bits per heavy atom. The summed E-state index contributed by atoms with van der Waals surface area (Å²) >= 11 is 0. The van der Waals surface area contributed by atoms with Crippen LogP contribution in [-0.4, -0.2) is 16.1 Å². The average Bonchev–Trinajstić information content (AvgIpc) is 3.27. The molecule has 0 unspecified atom stereocenters. The molecule has 0 spiro atoms. The molecule has 0 heterocycles. The van der Waals surface area contributed by atoms with Crippen LogP contribution in [0.4, 0.5) is 39.8 Å². The molecule has 8 aromatic rings. The van der Waals surface area contributed by atoms with E-state index in [9.17, 15) is 10.7 Å². The van der Waals surface area contributed by atoms with Crippen LogP contribution in [0, 0.1) is 17.9 Å². The fourth-order valence-electron chi connectivity index (χ4n) is 7.42. The Labute approximate surface area is 334 Å². The predicted octanol–water partition coefficient (Wildman–Crippen LogP) is 13.0. The van der Waals surface area contributed by atoms with E-state index in [2.05, 4.69) is 74.5 Å². The fraction of sp³-hybridized carbons (Fsp3) is 0.125. The number of nitrogens with zero attached hydrogens (tertiary/aromatic N) is 4. The van der Waals surface area contributed by atoms with Gasteiger partial charge < -0.3 is 9.80 Å². The third kappa shape index (κ3) is 6.00. The zero-order valence-electron chi connectivity index (χ0n) is 40.9. The molecule has 4 nitrogen and oxygen atoms in total. The van der Waals surface area contributed by atoms with Crippen molar-refractivity contribution in [2.24, 2.45) is 0 Å². The molecule has 0 atom stereocenters. The molecule has 0 aliphatic rings. The summed E-state index contributed by atoms with van der Waals surface area (Å²) in [5, 5.41) is 17.0. The minimum Gasteiger partial charge on any atom is -0.310 e. The smallest absolute Gasteiger partial charge is 0.187 e. The summed E-state index contributed by atoms with van der Waals surface area (Å²) in [4.78, 5) is 6.99. The van der Waals surface area contributed by atoms with Crippen LogP contribution in [0.3, 0.4) is 0 Å². The number of anilines is 6. The zero-order chi connectivity index (χ0) is 46.5. The molecule has 262 valence electrons. The van der Waals surface area contributed by atoms with Crippen molar-refractivity contribution in [1.29, 1.82) is 5.26 Å². The molecule has 0 aliphatic heterocycles. The zero-order valence-corrected chi connectivity index (χ0v) is 32.9. The highest BCUT2D eigenvalue weighted by Crippen LogP contribution is 2.47. The van der Waals surface area contributed by atoms with Crippen LogP contribution in [0.25, 0.3) is 37.2 Å². The molecule has 0 N–H and O–H groups in total. The second kappa shape index (κ2) is 13.3. The summed E-state index contributed by atoms with van der Waals surface area (Å²) in [6.45, 7) is 21.0. The number of nitriles is 1. The van der Waals surface area contributed by atoms with Crippen molar-refractivity contribution < 1.29 is 13.7 Å². The Morgan fingerprint density at radius 2 is 0.926 bits per heavy atom. The molecule has 0 radical (unpaired) electrons. The molecule has 0 aromatic heterocycles. The number of para-hydroxylation sites is 2. The van der Waals surface area contributed by atoms with E-state index in [1.54, 1.807) is 58.3 Å². The Morgan fingerprint density at radius 3 is 1.30 bits per heavy atom. The largest absolute Gasteiger partial charge is 0.310 e. The van der Waals surface area contributed by atoms with Gasteiger partial charge in [0.2, 0.25) is 0 Å². The SMILES string of the molecule is [2H]c1c([2H])c([2H])c(N(c2ccc(C#N)cc2)c2cc([Si](C)(C)C)c3ccc4c(N(c5ccc([N+]#[C-])cc5)c5c([2H])c([2H])c([2H])c([2H])c5[2H])cc([Si](C)(C)C)c5ccc2c3c45)c([2H])c1[2H]. The summed E-state index contributed by atoms with van der Waals surface area (Å²) in [5.41, 5.74) is 2.78. The third-order valence-corrected chi connectivity index (χ3v) is 13.9. The van der Waals surface area contributed by atoms with Gasteiger partial charge in [0.25, 0.3) is 0 Å². The van der Waals surface area contributed by atoms with E-state index in [1.165, 1.54) is 0 Å². The monoisotopic (exact) mass is 740 g/mol. The van der Waals surface area contributed by atoms with Crippen LogP contribution < -0.4 is 20.2 Å². The summed E-state index contributed by atoms with van der Waals surface area (Å²) in [6, 6.07) is 23.4. The van der Waals surface area contributed by atoms with Gasteiger partial charge in [-0.3, -0.25) is 0 Å². The Kier molecular flexibility index (Phi) is 6.16. The summed E-state index contributed by atoms with van der Waals surface area (Å²) in [5.74, 6) is 0. The minimum absolute atomic E-state index is 0.0465. The van der Waals surface area contributed by atoms with Crippen molar-refractivity contribution in [3.8, 4) is 6.07 Å². The Hall–Kier alpha value is -6.19. The van der Waals surface area contributed by atoms with Crippen LogP contribution in [-0.2, 0) is 0 Å². The molecule has 8 aromatic carbocycles. The first kappa shape index (κ1) is 24.9. The number of hydrogen-bond donors (Lipinski definition) is 0. The second-order valence-corrected chi connectivity index (χ2v) is 25.4. The van der Waals surface area contributed by atoms with E-state index in [0.29, 0.717) is 34.0 Å². The van der Waals surface area contributed by atoms with Crippen molar-refractivity contribution >= 4 is 98.7 Å². The maximum absolute atomic E-state index is 9.75. The van der Waals surface area contributed by atoms with Gasteiger partial charge in [-0.1, -0.05) is 122 Å². The lowest BCUT2D eigenvalue weighted by atomic mass is 9.91. The molecule has 0 fully saturated rings. The quantitative estimate of drug-likeness (QED) is 0.0884. The number of hydrogen-bond acceptors (Lipinski definition) is 3. The molecule has 54 heavy (non-hydrogen) atoms. The summed E-state index contributed by atoms with van der Waals surface area (Å²) < 4.78 is 88.7. The van der Waals surface area contributed by atoms with Crippen LogP contribution in [0.15, 0.2) is 145 Å². The van der Waals surface area contributed by atoms with Crippen molar-refractivity contribution in [2.45, 2.75) is 39.3 Å². The van der Waals surface area contributed by atoms with Gasteiger partial charge in [-0.05, 0) is 94.2 Å².